The molecule has 1 heterocycles. The van der Waals surface area contributed by atoms with Gasteiger partial charge in [-0.2, -0.15) is 0 Å². The standard InChI is InChI=1S/C14H26N2O2/c1-2-6-14(7-3-8-15-10-14)13(18)16-9-12(17)11-4-5-11/h11-12,15,17H,2-10H2,1H3,(H,16,18). The van der Waals surface area contributed by atoms with Crippen molar-refractivity contribution >= 4 is 5.91 Å². The van der Waals surface area contributed by atoms with Crippen molar-refractivity contribution in [2.45, 2.75) is 51.6 Å². The number of amides is 1. The van der Waals surface area contributed by atoms with Crippen LogP contribution in [-0.2, 0) is 4.79 Å². The fraction of sp³-hybridized carbons (Fsp3) is 0.929. The van der Waals surface area contributed by atoms with Gasteiger partial charge in [0.2, 0.25) is 5.91 Å². The zero-order valence-corrected chi connectivity index (χ0v) is 11.4. The SMILES string of the molecule is CCCC1(C(=O)NCC(O)C2CC2)CCCNC1. The predicted octanol–water partition coefficient (Wildman–Crippen LogP) is 1.04. The number of hydrogen-bond donors (Lipinski definition) is 3. The fourth-order valence-corrected chi connectivity index (χ4v) is 3.00. The molecule has 1 aliphatic heterocycles. The Balaban J connectivity index is 1.86. The van der Waals surface area contributed by atoms with Crippen molar-refractivity contribution in [3.8, 4) is 0 Å². The summed E-state index contributed by atoms with van der Waals surface area (Å²) in [5.41, 5.74) is -0.240. The minimum Gasteiger partial charge on any atom is -0.391 e. The van der Waals surface area contributed by atoms with E-state index in [4.69, 9.17) is 0 Å². The van der Waals surface area contributed by atoms with E-state index in [9.17, 15) is 9.90 Å². The van der Waals surface area contributed by atoms with E-state index in [2.05, 4.69) is 17.6 Å². The van der Waals surface area contributed by atoms with Crippen LogP contribution in [0.4, 0.5) is 0 Å². The van der Waals surface area contributed by atoms with Crippen LogP contribution in [0.1, 0.15) is 45.4 Å². The molecule has 4 nitrogen and oxygen atoms in total. The Labute approximate surface area is 110 Å². The summed E-state index contributed by atoms with van der Waals surface area (Å²) in [6, 6.07) is 0. The molecule has 1 saturated heterocycles. The lowest BCUT2D eigenvalue weighted by Crippen LogP contribution is -2.51. The van der Waals surface area contributed by atoms with Crippen LogP contribution in [0.3, 0.4) is 0 Å². The highest BCUT2D eigenvalue weighted by Crippen LogP contribution is 2.33. The first-order chi connectivity index (χ1) is 8.68. The van der Waals surface area contributed by atoms with Crippen LogP contribution in [0.25, 0.3) is 0 Å². The molecule has 0 radical (unpaired) electrons. The molecule has 2 unspecified atom stereocenters. The highest BCUT2D eigenvalue weighted by molar-refractivity contribution is 5.83. The highest BCUT2D eigenvalue weighted by Gasteiger charge is 2.39. The van der Waals surface area contributed by atoms with Crippen LogP contribution in [0.5, 0.6) is 0 Å². The summed E-state index contributed by atoms with van der Waals surface area (Å²) in [6.07, 6.45) is 5.88. The van der Waals surface area contributed by atoms with Crippen LogP contribution in [-0.4, -0.2) is 36.8 Å². The zero-order chi connectivity index (χ0) is 13.0. The maximum Gasteiger partial charge on any atom is 0.227 e. The summed E-state index contributed by atoms with van der Waals surface area (Å²) in [6.45, 7) is 4.35. The number of aliphatic hydroxyl groups excluding tert-OH is 1. The van der Waals surface area contributed by atoms with Gasteiger partial charge in [-0.3, -0.25) is 4.79 Å². The van der Waals surface area contributed by atoms with Crippen molar-refractivity contribution < 1.29 is 9.90 Å². The normalized spacial score (nSPS) is 29.9. The molecule has 1 amide bonds. The lowest BCUT2D eigenvalue weighted by molar-refractivity contribution is -0.133. The second-order valence-corrected chi connectivity index (χ2v) is 5.93. The van der Waals surface area contributed by atoms with Gasteiger partial charge in [0.05, 0.1) is 11.5 Å². The number of carbonyl (C=O) groups excluding carboxylic acids is 1. The van der Waals surface area contributed by atoms with E-state index in [1.807, 2.05) is 0 Å². The molecule has 0 spiro atoms. The fourth-order valence-electron chi connectivity index (χ4n) is 3.00. The first-order valence-corrected chi connectivity index (χ1v) is 7.35. The number of piperidine rings is 1. The third kappa shape index (κ3) is 3.23. The quantitative estimate of drug-likeness (QED) is 0.664. The van der Waals surface area contributed by atoms with Crippen molar-refractivity contribution in [1.82, 2.24) is 10.6 Å². The van der Waals surface area contributed by atoms with E-state index < -0.39 is 0 Å². The summed E-state index contributed by atoms with van der Waals surface area (Å²) in [4.78, 5) is 12.4. The molecule has 1 aliphatic carbocycles. The van der Waals surface area contributed by atoms with Crippen LogP contribution >= 0.6 is 0 Å². The average Bonchev–Trinajstić information content (AvgIpc) is 3.21. The average molecular weight is 254 g/mol. The Morgan fingerprint density at radius 2 is 2.33 bits per heavy atom. The summed E-state index contributed by atoms with van der Waals surface area (Å²) >= 11 is 0. The zero-order valence-electron chi connectivity index (χ0n) is 11.4. The number of nitrogens with one attached hydrogen (secondary N) is 2. The topological polar surface area (TPSA) is 61.4 Å². The van der Waals surface area contributed by atoms with Crippen molar-refractivity contribution in [3.05, 3.63) is 0 Å². The molecule has 2 rings (SSSR count). The van der Waals surface area contributed by atoms with Gasteiger partial charge in [0, 0.05) is 13.1 Å². The number of hydrogen-bond acceptors (Lipinski definition) is 3. The van der Waals surface area contributed by atoms with Gasteiger partial charge in [-0.15, -0.1) is 0 Å². The maximum absolute atomic E-state index is 12.4. The number of carbonyl (C=O) groups is 1. The first-order valence-electron chi connectivity index (χ1n) is 7.35. The molecule has 0 aromatic carbocycles. The molecule has 0 aromatic rings. The van der Waals surface area contributed by atoms with Gasteiger partial charge in [-0.05, 0) is 44.6 Å². The molecule has 1 saturated carbocycles. The Hall–Kier alpha value is -0.610. The van der Waals surface area contributed by atoms with Crippen molar-refractivity contribution in [2.75, 3.05) is 19.6 Å². The van der Waals surface area contributed by atoms with Gasteiger partial charge in [0.25, 0.3) is 0 Å². The van der Waals surface area contributed by atoms with Crippen LogP contribution < -0.4 is 10.6 Å². The molecule has 2 fully saturated rings. The highest BCUT2D eigenvalue weighted by atomic mass is 16.3. The van der Waals surface area contributed by atoms with E-state index in [0.717, 1.165) is 51.6 Å². The van der Waals surface area contributed by atoms with E-state index in [-0.39, 0.29) is 17.4 Å². The molecule has 0 aromatic heterocycles. The summed E-state index contributed by atoms with van der Waals surface area (Å²) in [7, 11) is 0. The third-order valence-electron chi connectivity index (χ3n) is 4.32. The second-order valence-electron chi connectivity index (χ2n) is 5.93. The predicted molar refractivity (Wildman–Crippen MR) is 71.2 cm³/mol. The molecule has 0 bridgehead atoms. The Morgan fingerprint density at radius 3 is 2.89 bits per heavy atom. The van der Waals surface area contributed by atoms with E-state index in [0.29, 0.717) is 12.5 Å². The molecule has 2 aliphatic rings. The summed E-state index contributed by atoms with van der Waals surface area (Å²) < 4.78 is 0. The minimum atomic E-state index is -0.343. The Bertz CT molecular complexity index is 278. The molecule has 3 N–H and O–H groups in total. The lowest BCUT2D eigenvalue weighted by Gasteiger charge is -2.36. The minimum absolute atomic E-state index is 0.135. The van der Waals surface area contributed by atoms with Gasteiger partial charge in [-0.25, -0.2) is 0 Å². The molecule has 4 heteroatoms. The number of rotatable bonds is 6. The molecule has 2 atom stereocenters. The van der Waals surface area contributed by atoms with Gasteiger partial charge in [0.1, 0.15) is 0 Å². The maximum atomic E-state index is 12.4. The van der Waals surface area contributed by atoms with Crippen LogP contribution in [0.15, 0.2) is 0 Å². The van der Waals surface area contributed by atoms with Crippen molar-refractivity contribution in [3.63, 3.8) is 0 Å². The summed E-state index contributed by atoms with van der Waals surface area (Å²) in [5, 5.41) is 16.1. The summed E-state index contributed by atoms with van der Waals surface area (Å²) in [5.74, 6) is 0.563. The van der Waals surface area contributed by atoms with E-state index in [1.54, 1.807) is 0 Å². The Morgan fingerprint density at radius 1 is 1.56 bits per heavy atom. The van der Waals surface area contributed by atoms with Crippen molar-refractivity contribution in [2.24, 2.45) is 11.3 Å². The molecular formula is C14H26N2O2. The van der Waals surface area contributed by atoms with Gasteiger partial charge in [0.15, 0.2) is 0 Å². The van der Waals surface area contributed by atoms with Crippen LogP contribution in [0, 0.1) is 11.3 Å². The molecule has 18 heavy (non-hydrogen) atoms. The van der Waals surface area contributed by atoms with Gasteiger partial charge >= 0.3 is 0 Å². The van der Waals surface area contributed by atoms with Gasteiger partial charge < -0.3 is 15.7 Å². The number of aliphatic hydroxyl groups is 1. The lowest BCUT2D eigenvalue weighted by atomic mass is 9.76. The monoisotopic (exact) mass is 254 g/mol. The Kier molecular flexibility index (Phi) is 4.62. The smallest absolute Gasteiger partial charge is 0.227 e. The van der Waals surface area contributed by atoms with Crippen LogP contribution in [0.2, 0.25) is 0 Å². The first kappa shape index (κ1) is 13.8. The van der Waals surface area contributed by atoms with E-state index >= 15 is 0 Å². The third-order valence-corrected chi connectivity index (χ3v) is 4.32. The molecule has 104 valence electrons. The molecular weight excluding hydrogens is 228 g/mol. The largest absolute Gasteiger partial charge is 0.391 e. The van der Waals surface area contributed by atoms with Crippen molar-refractivity contribution in [1.29, 1.82) is 0 Å². The van der Waals surface area contributed by atoms with Gasteiger partial charge in [-0.1, -0.05) is 13.3 Å². The van der Waals surface area contributed by atoms with E-state index in [1.165, 1.54) is 0 Å². The second kappa shape index (κ2) is 6.02.